The second-order valence-corrected chi connectivity index (χ2v) is 45.2. The summed E-state index contributed by atoms with van der Waals surface area (Å²) in [6, 6.07) is 0. The topological polar surface area (TPSA) is 0 Å². The molecular formula is C15H27P3Se4. The standard InChI is InChI=1S/C15H27P3Se4/c1-10(2,3)13-16-14(19-13,11(4,5)6)18-15(20-16,12(7,8)9)17(13)21-22-18/h1-9H3/t13-,14-,15?,16?,17?,18?/m0/s1. The van der Waals surface area contributed by atoms with Gasteiger partial charge in [-0.3, -0.25) is 0 Å². The van der Waals surface area contributed by atoms with E-state index in [0.717, 1.165) is 66.2 Å². The van der Waals surface area contributed by atoms with Crippen molar-refractivity contribution in [1.82, 2.24) is 0 Å². The summed E-state index contributed by atoms with van der Waals surface area (Å²) in [4.78, 5) is 0. The van der Waals surface area contributed by atoms with Crippen LogP contribution in [-0.4, -0.2) is 66.2 Å². The Morgan fingerprint density at radius 3 is 1.23 bits per heavy atom. The van der Waals surface area contributed by atoms with Crippen molar-refractivity contribution >= 4 is 74.7 Å². The molecule has 4 rings (SSSR count). The third-order valence-corrected chi connectivity index (χ3v) is 82.1. The molecule has 0 aliphatic carbocycles. The predicted molar refractivity (Wildman–Crippen MR) is 110 cm³/mol. The Morgan fingerprint density at radius 2 is 0.909 bits per heavy atom. The first-order valence-corrected chi connectivity index (χ1v) is 25.5. The molecule has 7 heteroatoms. The van der Waals surface area contributed by atoms with Crippen molar-refractivity contribution in [3.63, 3.8) is 0 Å². The fourth-order valence-electron chi connectivity index (χ4n) is 4.05. The van der Waals surface area contributed by atoms with E-state index in [2.05, 4.69) is 62.3 Å². The quantitative estimate of drug-likeness (QED) is 0.264. The molecule has 0 N–H and O–H groups in total. The zero-order valence-corrected chi connectivity index (χ0v) is 24.5. The summed E-state index contributed by atoms with van der Waals surface area (Å²) in [6.45, 7) is 25.0. The van der Waals surface area contributed by atoms with E-state index in [1.165, 1.54) is 0 Å². The summed E-state index contributed by atoms with van der Waals surface area (Å²) in [5.41, 5.74) is 1.83. The molecule has 4 fully saturated rings. The van der Waals surface area contributed by atoms with Crippen molar-refractivity contribution in [2.24, 2.45) is 16.2 Å². The van der Waals surface area contributed by atoms with E-state index < -0.39 is 0 Å². The molecule has 0 amide bonds. The summed E-state index contributed by atoms with van der Waals surface area (Å²) >= 11 is 4.14. The summed E-state index contributed by atoms with van der Waals surface area (Å²) < 4.78 is 2.77. The molecule has 22 heavy (non-hydrogen) atoms. The fourth-order valence-corrected chi connectivity index (χ4v) is 149. The molecule has 0 aromatic heterocycles. The molecule has 126 valence electrons. The minimum atomic E-state index is 0.373. The van der Waals surface area contributed by atoms with Crippen LogP contribution in [0.5, 0.6) is 0 Å². The molecule has 2 bridgehead atoms. The second-order valence-electron chi connectivity index (χ2n) is 9.80. The van der Waals surface area contributed by atoms with Crippen molar-refractivity contribution in [3.8, 4) is 0 Å². The Morgan fingerprint density at radius 1 is 0.545 bits per heavy atom. The SMILES string of the molecule is CC(C)(C)C12[Se]P3[C@]4(C(C)(C)C)[Se][C@]3(C(C)(C)C)P1[Se][Se]P24. The van der Waals surface area contributed by atoms with Crippen LogP contribution in [0.25, 0.3) is 0 Å². The van der Waals surface area contributed by atoms with Crippen molar-refractivity contribution < 1.29 is 0 Å². The summed E-state index contributed by atoms with van der Waals surface area (Å²) in [5, 5.41) is 0. The molecule has 0 nitrogen and oxygen atoms in total. The molecule has 4 atom stereocenters. The maximum atomic E-state index is 2.65. The molecule has 4 aliphatic rings. The monoisotopic (exact) mass is 620 g/mol. The van der Waals surface area contributed by atoms with Gasteiger partial charge in [-0.05, 0) is 0 Å². The Labute approximate surface area is 163 Å². The van der Waals surface area contributed by atoms with E-state index in [1.54, 1.807) is 0 Å². The van der Waals surface area contributed by atoms with Gasteiger partial charge in [0.25, 0.3) is 0 Å². The third kappa shape index (κ3) is 1.72. The maximum absolute atomic E-state index is 2.65. The normalized spacial score (nSPS) is 53.0. The van der Waals surface area contributed by atoms with Crippen molar-refractivity contribution in [1.29, 1.82) is 0 Å². The zero-order chi connectivity index (χ0) is 16.6. The van der Waals surface area contributed by atoms with Crippen LogP contribution in [0.3, 0.4) is 0 Å². The van der Waals surface area contributed by atoms with Crippen LogP contribution in [0.1, 0.15) is 62.3 Å². The van der Waals surface area contributed by atoms with Gasteiger partial charge in [0, 0.05) is 0 Å². The number of fused-ring (bicyclic) bond motifs is 2. The first-order chi connectivity index (χ1) is 9.77. The summed E-state index contributed by atoms with van der Waals surface area (Å²) in [5.74, 6) is 0. The molecule has 2 unspecified atom stereocenters. The van der Waals surface area contributed by atoms with Gasteiger partial charge in [-0.25, -0.2) is 0 Å². The van der Waals surface area contributed by atoms with E-state index >= 15 is 0 Å². The number of hydrogen-bond donors (Lipinski definition) is 0. The van der Waals surface area contributed by atoms with Gasteiger partial charge in [-0.2, -0.15) is 0 Å². The van der Waals surface area contributed by atoms with Gasteiger partial charge in [0.2, 0.25) is 0 Å². The van der Waals surface area contributed by atoms with Crippen LogP contribution in [0.15, 0.2) is 0 Å². The average molecular weight is 616 g/mol. The first kappa shape index (κ1) is 18.7. The Bertz CT molecular complexity index is 510. The Balaban J connectivity index is 1.96. The third-order valence-electron chi connectivity index (χ3n) is 5.27. The summed E-state index contributed by atoms with van der Waals surface area (Å²) in [6.07, 6.45) is 0. The fraction of sp³-hybridized carbons (Fsp3) is 1.00. The molecule has 0 saturated carbocycles. The summed E-state index contributed by atoms with van der Waals surface area (Å²) in [7, 11) is 0. The van der Waals surface area contributed by atoms with Crippen LogP contribution >= 0.6 is 19.8 Å². The van der Waals surface area contributed by atoms with Crippen LogP contribution < -0.4 is 0 Å². The minimum absolute atomic E-state index is 0.373. The van der Waals surface area contributed by atoms with Crippen LogP contribution in [-0.2, 0) is 0 Å². The van der Waals surface area contributed by atoms with Crippen LogP contribution in [0, 0.1) is 16.2 Å². The van der Waals surface area contributed by atoms with Crippen molar-refractivity contribution in [3.05, 3.63) is 0 Å². The van der Waals surface area contributed by atoms with Gasteiger partial charge in [-0.1, -0.05) is 0 Å². The van der Waals surface area contributed by atoms with Gasteiger partial charge in [0.05, 0.1) is 0 Å². The molecule has 4 saturated heterocycles. The van der Waals surface area contributed by atoms with E-state index in [0.29, 0.717) is 36.1 Å². The molecule has 4 aliphatic heterocycles. The van der Waals surface area contributed by atoms with Crippen LogP contribution in [0.2, 0.25) is 0 Å². The van der Waals surface area contributed by atoms with Gasteiger partial charge in [0.15, 0.2) is 0 Å². The van der Waals surface area contributed by atoms with Crippen molar-refractivity contribution in [2.45, 2.75) is 73.7 Å². The van der Waals surface area contributed by atoms with Gasteiger partial charge in [0.1, 0.15) is 0 Å². The molecule has 0 aromatic rings. The molecule has 0 radical (unpaired) electrons. The second kappa shape index (κ2) is 4.85. The van der Waals surface area contributed by atoms with E-state index in [4.69, 9.17) is 0 Å². The van der Waals surface area contributed by atoms with Crippen molar-refractivity contribution in [2.75, 3.05) is 0 Å². The molecular weight excluding hydrogens is 589 g/mol. The first-order valence-electron chi connectivity index (χ1n) is 7.92. The number of hydrogen-bond acceptors (Lipinski definition) is 0. The Hall–Kier alpha value is 3.37. The predicted octanol–water partition coefficient (Wildman–Crippen LogP) is 5.06. The number of rotatable bonds is 0. The molecule has 0 spiro atoms. The van der Waals surface area contributed by atoms with Gasteiger partial charge in [-0.15, -0.1) is 0 Å². The van der Waals surface area contributed by atoms with E-state index in [1.807, 2.05) is 0 Å². The molecule has 0 aromatic carbocycles. The van der Waals surface area contributed by atoms with Crippen LogP contribution in [0.4, 0.5) is 0 Å². The van der Waals surface area contributed by atoms with Gasteiger partial charge >= 0.3 is 165 Å². The zero-order valence-electron chi connectivity index (χ0n) is 15.0. The van der Waals surface area contributed by atoms with E-state index in [-0.39, 0.29) is 0 Å². The molecule has 4 heterocycles. The Kier molecular flexibility index (Phi) is 4.13. The van der Waals surface area contributed by atoms with Gasteiger partial charge < -0.3 is 0 Å². The van der Waals surface area contributed by atoms with E-state index in [9.17, 15) is 0 Å². The average Bonchev–Trinajstić information content (AvgIpc) is 2.71.